The Morgan fingerprint density at radius 1 is 1.16 bits per heavy atom. The van der Waals surface area contributed by atoms with Gasteiger partial charge in [0.25, 0.3) is 12.2 Å². The van der Waals surface area contributed by atoms with Gasteiger partial charge in [-0.15, -0.1) is 0 Å². The first-order chi connectivity index (χ1) is 14.3. The van der Waals surface area contributed by atoms with Crippen LogP contribution in [0.15, 0.2) is 18.2 Å². The first-order valence-corrected chi connectivity index (χ1v) is 12.6. The van der Waals surface area contributed by atoms with Gasteiger partial charge >= 0.3 is 0 Å². The summed E-state index contributed by atoms with van der Waals surface area (Å²) in [7, 11) is -2.16. The molecule has 31 heavy (non-hydrogen) atoms. The normalized spacial score (nSPS) is 26.9. The number of carbonyl (C=O) groups excluding carboxylic acids is 1. The molecule has 1 heterocycles. The Morgan fingerprint density at radius 3 is 2.32 bits per heavy atom. The fraction of sp³-hybridized carbons (Fsp3) is 0.632. The fourth-order valence-corrected chi connectivity index (χ4v) is 3.52. The van der Waals surface area contributed by atoms with Crippen molar-refractivity contribution in [3.05, 3.63) is 33.9 Å². The zero-order valence-corrected chi connectivity index (χ0v) is 19.0. The Morgan fingerprint density at radius 2 is 1.77 bits per heavy atom. The van der Waals surface area contributed by atoms with E-state index < -0.39 is 44.1 Å². The number of aliphatic hydroxyl groups excluding tert-OH is 3. The standard InChI is InChI=1S/C19H29NO10Si/c1-19(2,3)31(4,5)28-9-11-6-7-12(20(25)26)8-13(11)29-18-16(24)14(22)15(23)17(30-18)27-10-21/h6-8,10,14-18,22-24H,9H2,1-5H3/t14-,15-,16+,17-,18+/m0/s1. The molecule has 1 aliphatic rings. The van der Waals surface area contributed by atoms with E-state index in [1.165, 1.54) is 12.1 Å². The van der Waals surface area contributed by atoms with Crippen molar-refractivity contribution < 1.29 is 43.7 Å². The van der Waals surface area contributed by atoms with Gasteiger partial charge in [0.2, 0.25) is 12.6 Å². The van der Waals surface area contributed by atoms with Gasteiger partial charge in [-0.25, -0.2) is 0 Å². The number of carbonyl (C=O) groups is 1. The van der Waals surface area contributed by atoms with Gasteiger partial charge in [-0.3, -0.25) is 19.6 Å². The van der Waals surface area contributed by atoms with Crippen molar-refractivity contribution in [1.29, 1.82) is 0 Å². The number of nitro benzene ring substituents is 1. The summed E-state index contributed by atoms with van der Waals surface area (Å²) in [5.74, 6) is -0.00889. The second kappa shape index (κ2) is 9.59. The van der Waals surface area contributed by atoms with Crippen LogP contribution in [0.3, 0.4) is 0 Å². The molecule has 1 saturated heterocycles. The van der Waals surface area contributed by atoms with Gasteiger partial charge in [-0.1, -0.05) is 20.8 Å². The molecule has 0 aromatic heterocycles. The van der Waals surface area contributed by atoms with E-state index in [1.807, 2.05) is 13.1 Å². The summed E-state index contributed by atoms with van der Waals surface area (Å²) in [5, 5.41) is 41.3. The summed E-state index contributed by atoms with van der Waals surface area (Å²) < 4.78 is 21.6. The molecule has 0 unspecified atom stereocenters. The number of aliphatic hydroxyl groups is 3. The number of ether oxygens (including phenoxy) is 3. The van der Waals surface area contributed by atoms with E-state index in [0.717, 1.165) is 6.07 Å². The third-order valence-electron chi connectivity index (χ3n) is 5.61. The molecule has 2 rings (SSSR count). The molecule has 0 amide bonds. The molecule has 0 spiro atoms. The highest BCUT2D eigenvalue weighted by Gasteiger charge is 2.46. The first kappa shape index (κ1) is 25.2. The number of nitro groups is 1. The summed E-state index contributed by atoms with van der Waals surface area (Å²) in [6, 6.07) is 3.92. The van der Waals surface area contributed by atoms with Crippen LogP contribution < -0.4 is 4.74 Å². The molecular formula is C19H29NO10Si. The minimum atomic E-state index is -2.16. The second-order valence-electron chi connectivity index (χ2n) is 8.79. The van der Waals surface area contributed by atoms with Crippen molar-refractivity contribution in [3.63, 3.8) is 0 Å². The number of benzene rings is 1. The molecule has 5 atom stereocenters. The molecule has 12 heteroatoms. The first-order valence-electron chi connectivity index (χ1n) is 9.65. The van der Waals surface area contributed by atoms with Gasteiger partial charge in [0, 0.05) is 11.6 Å². The predicted molar refractivity (Wildman–Crippen MR) is 110 cm³/mol. The Labute approximate surface area is 180 Å². The van der Waals surface area contributed by atoms with Gasteiger partial charge < -0.3 is 29.2 Å². The third-order valence-corrected chi connectivity index (χ3v) is 10.1. The highest BCUT2D eigenvalue weighted by atomic mass is 28.4. The molecule has 174 valence electrons. The maximum Gasteiger partial charge on any atom is 0.295 e. The van der Waals surface area contributed by atoms with Crippen molar-refractivity contribution in [2.75, 3.05) is 0 Å². The number of non-ortho nitro benzene ring substituents is 1. The van der Waals surface area contributed by atoms with Crippen molar-refractivity contribution in [2.24, 2.45) is 0 Å². The van der Waals surface area contributed by atoms with E-state index in [0.29, 0.717) is 5.56 Å². The Bertz CT molecular complexity index is 796. The topological polar surface area (TPSA) is 158 Å². The van der Waals surface area contributed by atoms with Gasteiger partial charge in [0.15, 0.2) is 8.32 Å². The molecule has 3 N–H and O–H groups in total. The number of hydrogen-bond donors (Lipinski definition) is 3. The van der Waals surface area contributed by atoms with Crippen LogP contribution in [0.4, 0.5) is 5.69 Å². The van der Waals surface area contributed by atoms with Crippen LogP contribution >= 0.6 is 0 Å². The summed E-state index contributed by atoms with van der Waals surface area (Å²) in [5.41, 5.74) is 0.192. The molecule has 1 aliphatic heterocycles. The van der Waals surface area contributed by atoms with Crippen LogP contribution in [0, 0.1) is 10.1 Å². The summed E-state index contributed by atoms with van der Waals surface area (Å²) in [6.07, 6.45) is -8.32. The van der Waals surface area contributed by atoms with Crippen LogP contribution in [0.25, 0.3) is 0 Å². The quantitative estimate of drug-likeness (QED) is 0.225. The van der Waals surface area contributed by atoms with Crippen LogP contribution in [-0.4, -0.2) is 65.9 Å². The zero-order valence-electron chi connectivity index (χ0n) is 18.0. The smallest absolute Gasteiger partial charge is 0.295 e. The highest BCUT2D eigenvalue weighted by Crippen LogP contribution is 2.38. The molecule has 0 aliphatic carbocycles. The summed E-state index contributed by atoms with van der Waals surface area (Å²) in [4.78, 5) is 21.2. The van der Waals surface area contributed by atoms with Crippen LogP contribution in [0.1, 0.15) is 26.3 Å². The summed E-state index contributed by atoms with van der Waals surface area (Å²) in [6.45, 7) is 10.4. The third kappa shape index (κ3) is 5.78. The van der Waals surface area contributed by atoms with E-state index in [1.54, 1.807) is 0 Å². The van der Waals surface area contributed by atoms with E-state index in [2.05, 4.69) is 25.5 Å². The monoisotopic (exact) mass is 459 g/mol. The molecule has 1 fully saturated rings. The fourth-order valence-electron chi connectivity index (χ4n) is 2.57. The van der Waals surface area contributed by atoms with Crippen LogP contribution in [0.2, 0.25) is 18.1 Å². The lowest BCUT2D eigenvalue weighted by Gasteiger charge is -2.39. The SMILES string of the molecule is CC(C)(C)[Si](C)(C)OCc1ccc([N+](=O)[O-])cc1O[C@@H]1O[C@H](OC=O)[C@@H](O)[C@H](O)[C@H]1O. The number of rotatable bonds is 8. The largest absolute Gasteiger partial charge is 0.461 e. The Hall–Kier alpha value is -2.09. The lowest BCUT2D eigenvalue weighted by atomic mass is 10.0. The molecule has 1 aromatic carbocycles. The number of hydrogen-bond acceptors (Lipinski definition) is 10. The van der Waals surface area contributed by atoms with Gasteiger partial charge in [0.05, 0.1) is 17.6 Å². The lowest BCUT2D eigenvalue weighted by molar-refractivity contribution is -0.385. The summed E-state index contributed by atoms with van der Waals surface area (Å²) >= 11 is 0. The zero-order chi connectivity index (χ0) is 23.6. The van der Waals surface area contributed by atoms with Crippen LogP contribution in [0.5, 0.6) is 5.75 Å². The second-order valence-corrected chi connectivity index (χ2v) is 13.6. The van der Waals surface area contributed by atoms with E-state index in [4.69, 9.17) is 13.9 Å². The lowest BCUT2D eigenvalue weighted by Crippen LogP contribution is -2.59. The molecular weight excluding hydrogens is 430 g/mol. The predicted octanol–water partition coefficient (Wildman–Crippen LogP) is 1.43. The van der Waals surface area contributed by atoms with Gasteiger partial charge in [-0.2, -0.15) is 0 Å². The average Bonchev–Trinajstić information content (AvgIpc) is 2.68. The van der Waals surface area contributed by atoms with Crippen molar-refractivity contribution in [2.45, 2.75) is 76.4 Å². The minimum absolute atomic E-state index is 0.00889. The van der Waals surface area contributed by atoms with E-state index in [9.17, 15) is 30.2 Å². The molecule has 1 aromatic rings. The van der Waals surface area contributed by atoms with Crippen LogP contribution in [-0.2, 0) is 25.3 Å². The number of nitrogens with zero attached hydrogens (tertiary/aromatic N) is 1. The molecule has 0 bridgehead atoms. The maximum absolute atomic E-state index is 11.2. The van der Waals surface area contributed by atoms with Gasteiger partial charge in [0.1, 0.15) is 24.1 Å². The maximum atomic E-state index is 11.2. The van der Waals surface area contributed by atoms with Crippen molar-refractivity contribution >= 4 is 20.5 Å². The minimum Gasteiger partial charge on any atom is -0.461 e. The molecule has 11 nitrogen and oxygen atoms in total. The van der Waals surface area contributed by atoms with E-state index in [-0.39, 0.29) is 29.6 Å². The van der Waals surface area contributed by atoms with E-state index >= 15 is 0 Å². The Kier molecular flexibility index (Phi) is 7.78. The molecule has 0 radical (unpaired) electrons. The van der Waals surface area contributed by atoms with Gasteiger partial charge in [-0.05, 0) is 24.2 Å². The average molecular weight is 460 g/mol. The Balaban J connectivity index is 2.31. The van der Waals surface area contributed by atoms with Crippen molar-refractivity contribution in [3.8, 4) is 5.75 Å². The highest BCUT2D eigenvalue weighted by molar-refractivity contribution is 6.74. The molecule has 0 saturated carbocycles. The van der Waals surface area contributed by atoms with Crippen molar-refractivity contribution in [1.82, 2.24) is 0 Å².